The molecule has 0 aliphatic carbocycles. The number of rotatable bonds is 7. The number of anilines is 1. The molecule has 1 aromatic carbocycles. The summed E-state index contributed by atoms with van der Waals surface area (Å²) in [5.74, 6) is -0.426. The van der Waals surface area contributed by atoms with E-state index in [1.807, 2.05) is 49.6 Å². The van der Waals surface area contributed by atoms with E-state index < -0.39 is 5.97 Å². The van der Waals surface area contributed by atoms with Gasteiger partial charge < -0.3 is 14.6 Å². The van der Waals surface area contributed by atoms with Crippen molar-refractivity contribution in [2.75, 3.05) is 5.32 Å². The number of amides is 1. The van der Waals surface area contributed by atoms with Crippen molar-refractivity contribution in [3.63, 3.8) is 0 Å². The largest absolute Gasteiger partial charge is 0.452 e. The lowest BCUT2D eigenvalue weighted by molar-refractivity contribution is -0.111. The van der Waals surface area contributed by atoms with Gasteiger partial charge in [-0.2, -0.15) is 4.98 Å². The number of benzene rings is 1. The molecule has 0 atom stereocenters. The molecule has 0 saturated carbocycles. The zero-order chi connectivity index (χ0) is 23.2. The van der Waals surface area contributed by atoms with Crippen molar-refractivity contribution in [3.8, 4) is 22.5 Å². The number of nitrogens with zero attached hydrogens (tertiary/aromatic N) is 3. The summed E-state index contributed by atoms with van der Waals surface area (Å²) in [4.78, 5) is 33.7. The van der Waals surface area contributed by atoms with Gasteiger partial charge in [0.1, 0.15) is 10.6 Å². The highest BCUT2D eigenvalue weighted by atomic mass is 32.1. The summed E-state index contributed by atoms with van der Waals surface area (Å²) in [6.45, 7) is 3.43. The summed E-state index contributed by atoms with van der Waals surface area (Å²) in [6.07, 6.45) is 4.72. The molecule has 9 heteroatoms. The Hall–Kier alpha value is -4.11. The van der Waals surface area contributed by atoms with Crippen molar-refractivity contribution >= 4 is 28.2 Å². The number of aromatic nitrogens is 3. The van der Waals surface area contributed by atoms with Gasteiger partial charge in [-0.1, -0.05) is 41.1 Å². The molecule has 0 bridgehead atoms. The summed E-state index contributed by atoms with van der Waals surface area (Å²) in [5, 5.41) is 8.90. The van der Waals surface area contributed by atoms with Crippen LogP contribution in [0.15, 0.2) is 76.4 Å². The molecule has 1 N–H and O–H groups in total. The minimum Gasteiger partial charge on any atom is -0.452 e. The van der Waals surface area contributed by atoms with Crippen LogP contribution in [0, 0.1) is 0 Å². The number of nitrogens with one attached hydrogen (secondary N) is 1. The molecule has 1 amide bonds. The third kappa shape index (κ3) is 5.39. The number of allylic oxidation sites excluding steroid dienone is 1. The molecule has 4 rings (SSSR count). The fourth-order valence-electron chi connectivity index (χ4n) is 3.02. The monoisotopic (exact) mass is 460 g/mol. The Morgan fingerprint density at radius 3 is 2.64 bits per heavy atom. The van der Waals surface area contributed by atoms with Crippen molar-refractivity contribution in [3.05, 3.63) is 83.3 Å². The van der Waals surface area contributed by atoms with Gasteiger partial charge in [-0.05, 0) is 31.5 Å². The number of esters is 1. The lowest BCUT2D eigenvalue weighted by atomic mass is 10.0. The minimum atomic E-state index is -0.608. The number of carbonyl (C=O) groups excluding carboxylic acids is 2. The highest BCUT2D eigenvalue weighted by molar-refractivity contribution is 7.15. The molecule has 3 aromatic heterocycles. The van der Waals surface area contributed by atoms with Gasteiger partial charge in [0.05, 0.1) is 0 Å². The van der Waals surface area contributed by atoms with Crippen LogP contribution in [0.25, 0.3) is 22.5 Å². The first-order valence-electron chi connectivity index (χ1n) is 10.0. The predicted octanol–water partition coefficient (Wildman–Crippen LogP) is 5.12. The smallest absolute Gasteiger partial charge is 0.342 e. The average Bonchev–Trinajstić information content (AvgIpc) is 3.45. The van der Waals surface area contributed by atoms with Gasteiger partial charge in [0.25, 0.3) is 5.89 Å². The van der Waals surface area contributed by atoms with Crippen LogP contribution in [0.3, 0.4) is 0 Å². The summed E-state index contributed by atoms with van der Waals surface area (Å²) in [7, 11) is 0. The second-order valence-corrected chi connectivity index (χ2v) is 8.14. The van der Waals surface area contributed by atoms with E-state index in [4.69, 9.17) is 9.26 Å². The van der Waals surface area contributed by atoms with Crippen molar-refractivity contribution in [1.82, 2.24) is 15.1 Å². The van der Waals surface area contributed by atoms with Gasteiger partial charge in [0.15, 0.2) is 6.61 Å². The quantitative estimate of drug-likeness (QED) is 0.301. The van der Waals surface area contributed by atoms with Gasteiger partial charge in [0, 0.05) is 35.0 Å². The third-order valence-corrected chi connectivity index (χ3v) is 5.35. The molecule has 0 spiro atoms. The van der Waals surface area contributed by atoms with Crippen LogP contribution in [-0.4, -0.2) is 27.0 Å². The van der Waals surface area contributed by atoms with E-state index in [1.165, 1.54) is 17.4 Å². The van der Waals surface area contributed by atoms with Gasteiger partial charge >= 0.3 is 5.97 Å². The Morgan fingerprint density at radius 1 is 1.12 bits per heavy atom. The molecular formula is C24H20N4O4S. The van der Waals surface area contributed by atoms with Crippen molar-refractivity contribution < 1.29 is 18.8 Å². The number of ether oxygens (including phenoxy) is 1. The van der Waals surface area contributed by atoms with Crippen LogP contribution in [0.2, 0.25) is 0 Å². The highest BCUT2D eigenvalue weighted by Crippen LogP contribution is 2.36. The van der Waals surface area contributed by atoms with E-state index in [-0.39, 0.29) is 24.0 Å². The lowest BCUT2D eigenvalue weighted by Crippen LogP contribution is -2.13. The molecule has 0 aliphatic heterocycles. The Kier molecular flexibility index (Phi) is 6.70. The Balaban J connectivity index is 1.56. The zero-order valence-electron chi connectivity index (χ0n) is 17.9. The SMILES string of the molecule is CC(C)=CC(=O)Nc1scc(-c2ccccc2)c1C(=O)OCc1nc(-c2cccnc2)no1. The van der Waals surface area contributed by atoms with Crippen LogP contribution >= 0.6 is 11.3 Å². The first-order valence-corrected chi connectivity index (χ1v) is 10.9. The van der Waals surface area contributed by atoms with Crippen LogP contribution in [0.1, 0.15) is 30.1 Å². The normalized spacial score (nSPS) is 10.5. The predicted molar refractivity (Wildman–Crippen MR) is 124 cm³/mol. The topological polar surface area (TPSA) is 107 Å². The van der Waals surface area contributed by atoms with Crippen molar-refractivity contribution in [2.24, 2.45) is 0 Å². The summed E-state index contributed by atoms with van der Waals surface area (Å²) in [5.41, 5.74) is 3.30. The Labute approximate surface area is 193 Å². The summed E-state index contributed by atoms with van der Waals surface area (Å²) < 4.78 is 10.7. The fraction of sp³-hybridized carbons (Fsp3) is 0.125. The summed E-state index contributed by atoms with van der Waals surface area (Å²) in [6, 6.07) is 13.0. The van der Waals surface area contributed by atoms with Gasteiger partial charge in [-0.15, -0.1) is 11.3 Å². The maximum atomic E-state index is 13.1. The fourth-order valence-corrected chi connectivity index (χ4v) is 3.98. The molecule has 0 aliphatic rings. The Morgan fingerprint density at radius 2 is 1.91 bits per heavy atom. The lowest BCUT2D eigenvalue weighted by Gasteiger charge is -2.08. The van der Waals surface area contributed by atoms with E-state index in [0.717, 1.165) is 11.1 Å². The molecule has 0 radical (unpaired) electrons. The van der Waals surface area contributed by atoms with Gasteiger partial charge in [-0.25, -0.2) is 4.79 Å². The highest BCUT2D eigenvalue weighted by Gasteiger charge is 2.23. The first-order chi connectivity index (χ1) is 16.0. The molecule has 4 aromatic rings. The van der Waals surface area contributed by atoms with Crippen LogP contribution < -0.4 is 5.32 Å². The van der Waals surface area contributed by atoms with Gasteiger partial charge in [0.2, 0.25) is 11.7 Å². The number of pyridine rings is 1. The molecule has 166 valence electrons. The number of hydrogen-bond acceptors (Lipinski definition) is 8. The zero-order valence-corrected chi connectivity index (χ0v) is 18.8. The second-order valence-electron chi connectivity index (χ2n) is 7.26. The van der Waals surface area contributed by atoms with Crippen LogP contribution in [-0.2, 0) is 16.1 Å². The number of thiophene rings is 1. The standard InChI is InChI=1S/C24H20N4O4S/c1-15(2)11-19(29)26-23-21(18(14-33-23)16-7-4-3-5-8-16)24(30)31-13-20-27-22(28-32-20)17-9-6-10-25-12-17/h3-12,14H,13H2,1-2H3,(H,26,29). The number of hydrogen-bond donors (Lipinski definition) is 1. The number of carbonyl (C=O) groups is 2. The van der Waals surface area contributed by atoms with E-state index in [1.54, 1.807) is 24.5 Å². The third-order valence-electron chi connectivity index (χ3n) is 4.45. The average molecular weight is 461 g/mol. The van der Waals surface area contributed by atoms with Crippen LogP contribution in [0.4, 0.5) is 5.00 Å². The van der Waals surface area contributed by atoms with Crippen LogP contribution in [0.5, 0.6) is 0 Å². The van der Waals surface area contributed by atoms with Crippen molar-refractivity contribution in [1.29, 1.82) is 0 Å². The molecule has 33 heavy (non-hydrogen) atoms. The molecule has 3 heterocycles. The minimum absolute atomic E-state index is 0.147. The second kappa shape index (κ2) is 10.0. The van der Waals surface area contributed by atoms with E-state index >= 15 is 0 Å². The maximum absolute atomic E-state index is 13.1. The summed E-state index contributed by atoms with van der Waals surface area (Å²) >= 11 is 1.26. The molecule has 0 saturated heterocycles. The van der Waals surface area contributed by atoms with Gasteiger partial charge in [-0.3, -0.25) is 9.78 Å². The molecular weight excluding hydrogens is 440 g/mol. The first kappa shape index (κ1) is 22.1. The Bertz CT molecular complexity index is 1290. The maximum Gasteiger partial charge on any atom is 0.342 e. The van der Waals surface area contributed by atoms with Crippen molar-refractivity contribution in [2.45, 2.75) is 20.5 Å². The van der Waals surface area contributed by atoms with E-state index in [2.05, 4.69) is 20.4 Å². The van der Waals surface area contributed by atoms with E-state index in [0.29, 0.717) is 22.0 Å². The molecule has 8 nitrogen and oxygen atoms in total. The van der Waals surface area contributed by atoms with E-state index in [9.17, 15) is 9.59 Å². The molecule has 0 unspecified atom stereocenters. The molecule has 0 fully saturated rings.